The van der Waals surface area contributed by atoms with Gasteiger partial charge in [-0.25, -0.2) is 9.18 Å². The molecular formula is C15H14FNO5. The lowest BCUT2D eigenvalue weighted by Crippen LogP contribution is -2.16. The zero-order chi connectivity index (χ0) is 16.4. The summed E-state index contributed by atoms with van der Waals surface area (Å²) in [5.74, 6) is -2.56. The number of esters is 2. The summed E-state index contributed by atoms with van der Waals surface area (Å²) in [7, 11) is 3.85. The molecule has 0 unspecified atom stereocenters. The molecule has 0 aliphatic heterocycles. The van der Waals surface area contributed by atoms with E-state index in [1.54, 1.807) is 0 Å². The second kappa shape index (κ2) is 5.97. The number of aromatic nitrogens is 1. The summed E-state index contributed by atoms with van der Waals surface area (Å²) in [6, 6.07) is 3.77. The number of carbonyl (C=O) groups excluding carboxylic acids is 3. The van der Waals surface area contributed by atoms with Crippen molar-refractivity contribution in [2.75, 3.05) is 14.2 Å². The van der Waals surface area contributed by atoms with Gasteiger partial charge in [0.05, 0.1) is 25.3 Å². The number of methoxy groups -OCH3 is 2. The maximum absolute atomic E-state index is 13.4. The van der Waals surface area contributed by atoms with E-state index in [9.17, 15) is 18.8 Å². The van der Waals surface area contributed by atoms with Gasteiger partial charge < -0.3 is 14.0 Å². The first kappa shape index (κ1) is 15.7. The number of fused-ring (bicyclic) bond motifs is 1. The van der Waals surface area contributed by atoms with E-state index in [4.69, 9.17) is 0 Å². The summed E-state index contributed by atoms with van der Waals surface area (Å²) in [5.41, 5.74) is 0.348. The van der Waals surface area contributed by atoms with Crippen LogP contribution in [0.15, 0.2) is 18.2 Å². The number of benzene rings is 1. The fourth-order valence-corrected chi connectivity index (χ4v) is 2.32. The maximum atomic E-state index is 13.4. The van der Waals surface area contributed by atoms with Crippen LogP contribution in [0, 0.1) is 5.82 Å². The van der Waals surface area contributed by atoms with E-state index in [2.05, 4.69) is 9.47 Å². The summed E-state index contributed by atoms with van der Waals surface area (Å²) in [6.07, 6.45) is -0.517. The minimum atomic E-state index is -0.743. The van der Waals surface area contributed by atoms with Gasteiger partial charge in [-0.05, 0) is 18.2 Å². The van der Waals surface area contributed by atoms with Gasteiger partial charge in [-0.15, -0.1) is 0 Å². The molecule has 7 heteroatoms. The van der Waals surface area contributed by atoms with Crippen LogP contribution >= 0.6 is 0 Å². The van der Waals surface area contributed by atoms with E-state index in [0.717, 1.165) is 7.11 Å². The number of hydrogen-bond acceptors (Lipinski definition) is 5. The molecule has 1 aromatic heterocycles. The average molecular weight is 307 g/mol. The van der Waals surface area contributed by atoms with Crippen LogP contribution in [0.5, 0.6) is 0 Å². The van der Waals surface area contributed by atoms with Crippen molar-refractivity contribution in [2.45, 2.75) is 6.42 Å². The molecule has 0 N–H and O–H groups in total. The molecule has 22 heavy (non-hydrogen) atoms. The molecule has 0 radical (unpaired) electrons. The molecule has 0 bridgehead atoms. The van der Waals surface area contributed by atoms with Gasteiger partial charge in [-0.1, -0.05) is 0 Å². The Bertz CT molecular complexity index is 778. The van der Waals surface area contributed by atoms with E-state index in [0.29, 0.717) is 10.9 Å². The molecule has 2 aromatic rings. The quantitative estimate of drug-likeness (QED) is 0.489. The SMILES string of the molecule is COC(=O)CC(=O)c1c(C(=O)OC)n(C)c2cc(F)ccc12. The molecule has 0 saturated heterocycles. The number of halogens is 1. The molecule has 0 aliphatic rings. The standard InChI is InChI=1S/C15H14FNO5/c1-17-10-6-8(16)4-5-9(10)13(14(17)15(20)22-3)11(18)7-12(19)21-2/h4-6H,7H2,1-3H3. The predicted molar refractivity (Wildman–Crippen MR) is 75.2 cm³/mol. The topological polar surface area (TPSA) is 74.6 Å². The smallest absolute Gasteiger partial charge is 0.355 e. The molecule has 1 heterocycles. The Morgan fingerprint density at radius 2 is 1.86 bits per heavy atom. The third kappa shape index (κ3) is 2.57. The predicted octanol–water partition coefficient (Wildman–Crippen LogP) is 1.85. The van der Waals surface area contributed by atoms with Crippen LogP contribution in [0.4, 0.5) is 4.39 Å². The van der Waals surface area contributed by atoms with E-state index in [1.165, 1.54) is 36.9 Å². The first-order valence-corrected chi connectivity index (χ1v) is 6.37. The highest BCUT2D eigenvalue weighted by Crippen LogP contribution is 2.28. The molecule has 0 aliphatic carbocycles. The van der Waals surface area contributed by atoms with Gasteiger partial charge in [-0.3, -0.25) is 9.59 Å². The van der Waals surface area contributed by atoms with Crippen molar-refractivity contribution in [3.63, 3.8) is 0 Å². The van der Waals surface area contributed by atoms with E-state index in [-0.39, 0.29) is 11.3 Å². The molecule has 2 rings (SSSR count). The van der Waals surface area contributed by atoms with Gasteiger partial charge in [0, 0.05) is 12.4 Å². The third-order valence-corrected chi connectivity index (χ3v) is 3.35. The van der Waals surface area contributed by atoms with Gasteiger partial charge >= 0.3 is 11.9 Å². The van der Waals surface area contributed by atoms with E-state index >= 15 is 0 Å². The minimum Gasteiger partial charge on any atom is -0.469 e. The highest BCUT2D eigenvalue weighted by atomic mass is 19.1. The van der Waals surface area contributed by atoms with Crippen molar-refractivity contribution in [3.8, 4) is 0 Å². The molecule has 0 fully saturated rings. The zero-order valence-electron chi connectivity index (χ0n) is 12.3. The summed E-state index contributed by atoms with van der Waals surface area (Å²) in [4.78, 5) is 35.6. The highest BCUT2D eigenvalue weighted by Gasteiger charge is 2.27. The Labute approximate surface area is 125 Å². The Morgan fingerprint density at radius 3 is 2.45 bits per heavy atom. The first-order valence-electron chi connectivity index (χ1n) is 6.37. The maximum Gasteiger partial charge on any atom is 0.355 e. The molecule has 0 spiro atoms. The number of ketones is 1. The summed E-state index contributed by atoms with van der Waals surface area (Å²) >= 11 is 0. The van der Waals surface area contributed by atoms with Gasteiger partial charge in [-0.2, -0.15) is 0 Å². The Morgan fingerprint density at radius 1 is 1.18 bits per heavy atom. The number of rotatable bonds is 4. The number of Topliss-reactive ketones (excluding diaryl/α,β-unsaturated/α-hetero) is 1. The fourth-order valence-electron chi connectivity index (χ4n) is 2.32. The summed E-state index contributed by atoms with van der Waals surface area (Å²) in [5, 5.41) is 0.373. The van der Waals surface area contributed by atoms with Gasteiger partial charge in [0.1, 0.15) is 17.9 Å². The van der Waals surface area contributed by atoms with Crippen LogP contribution in [0.1, 0.15) is 27.3 Å². The first-order chi connectivity index (χ1) is 10.4. The summed E-state index contributed by atoms with van der Waals surface area (Å²) in [6.45, 7) is 0. The second-order valence-corrected chi connectivity index (χ2v) is 4.61. The van der Waals surface area contributed by atoms with Crippen LogP contribution in [0.2, 0.25) is 0 Å². The zero-order valence-corrected chi connectivity index (χ0v) is 12.3. The van der Waals surface area contributed by atoms with Crippen molar-refractivity contribution >= 4 is 28.6 Å². The number of nitrogens with zero attached hydrogens (tertiary/aromatic N) is 1. The molecule has 6 nitrogen and oxygen atoms in total. The Kier molecular flexibility index (Phi) is 4.25. The van der Waals surface area contributed by atoms with Crippen molar-refractivity contribution < 1.29 is 28.2 Å². The normalized spacial score (nSPS) is 10.5. The van der Waals surface area contributed by atoms with Crippen LogP contribution in [-0.4, -0.2) is 36.5 Å². The Hall–Kier alpha value is -2.70. The summed E-state index contributed by atoms with van der Waals surface area (Å²) < 4.78 is 23.9. The van der Waals surface area contributed by atoms with Crippen LogP contribution < -0.4 is 0 Å². The van der Waals surface area contributed by atoms with Crippen molar-refractivity contribution in [1.29, 1.82) is 0 Å². The molecule has 0 saturated carbocycles. The van der Waals surface area contributed by atoms with Crippen LogP contribution in [-0.2, 0) is 21.3 Å². The van der Waals surface area contributed by atoms with E-state index in [1.807, 2.05) is 0 Å². The number of ether oxygens (including phenoxy) is 2. The third-order valence-electron chi connectivity index (χ3n) is 3.35. The van der Waals surface area contributed by atoms with Crippen molar-refractivity contribution in [2.24, 2.45) is 7.05 Å². The highest BCUT2D eigenvalue weighted by molar-refractivity contribution is 6.19. The Balaban J connectivity index is 2.71. The van der Waals surface area contributed by atoms with Gasteiger partial charge in [0.15, 0.2) is 5.78 Å². The number of aryl methyl sites for hydroxylation is 1. The van der Waals surface area contributed by atoms with Crippen LogP contribution in [0.3, 0.4) is 0 Å². The number of carbonyl (C=O) groups is 3. The fraction of sp³-hybridized carbons (Fsp3) is 0.267. The minimum absolute atomic E-state index is 0.0229. The lowest BCUT2D eigenvalue weighted by Gasteiger charge is -2.05. The lowest BCUT2D eigenvalue weighted by molar-refractivity contribution is -0.139. The lowest BCUT2D eigenvalue weighted by atomic mass is 10.0. The molecule has 1 aromatic carbocycles. The molecular weight excluding hydrogens is 293 g/mol. The van der Waals surface area contributed by atoms with Crippen molar-refractivity contribution in [3.05, 3.63) is 35.3 Å². The average Bonchev–Trinajstić information content (AvgIpc) is 2.79. The molecule has 0 atom stereocenters. The largest absolute Gasteiger partial charge is 0.469 e. The molecule has 116 valence electrons. The van der Waals surface area contributed by atoms with Gasteiger partial charge in [0.2, 0.25) is 0 Å². The van der Waals surface area contributed by atoms with Gasteiger partial charge in [0.25, 0.3) is 0 Å². The van der Waals surface area contributed by atoms with Crippen LogP contribution in [0.25, 0.3) is 10.9 Å². The number of hydrogen-bond donors (Lipinski definition) is 0. The van der Waals surface area contributed by atoms with Crippen molar-refractivity contribution in [1.82, 2.24) is 4.57 Å². The molecule has 0 amide bonds. The van der Waals surface area contributed by atoms with E-state index < -0.39 is 30.0 Å². The second-order valence-electron chi connectivity index (χ2n) is 4.61. The monoisotopic (exact) mass is 307 g/mol.